The van der Waals surface area contributed by atoms with Crippen LogP contribution in [0.5, 0.6) is 0 Å². The van der Waals surface area contributed by atoms with Crippen molar-refractivity contribution in [2.24, 2.45) is 0 Å². The molecule has 4 nitrogen and oxygen atoms in total. The lowest BCUT2D eigenvalue weighted by Gasteiger charge is -2.28. The van der Waals surface area contributed by atoms with Crippen LogP contribution in [0, 0.1) is 0 Å². The Hall–Kier alpha value is 0.407. The van der Waals surface area contributed by atoms with E-state index in [0.717, 1.165) is 25.6 Å². The Morgan fingerprint density at radius 2 is 1.56 bits per heavy atom. The largest absolute Gasteiger partial charge is 0.500 e. The van der Waals surface area contributed by atoms with Gasteiger partial charge in [-0.3, -0.25) is 0 Å². The predicted octanol–water partition coefficient (Wildman–Crippen LogP) is 2.33. The molecule has 0 aliphatic rings. The van der Waals surface area contributed by atoms with E-state index in [-0.39, 0.29) is 0 Å². The molecule has 0 aromatic heterocycles. The van der Waals surface area contributed by atoms with Crippen molar-refractivity contribution in [2.75, 3.05) is 32.9 Å². The maximum atomic E-state index is 5.79. The molecule has 0 spiro atoms. The molecular formula is C12H29NO3SSi. The molecule has 1 unspecified atom stereocenters. The van der Waals surface area contributed by atoms with E-state index in [0.29, 0.717) is 25.1 Å². The van der Waals surface area contributed by atoms with E-state index in [1.165, 1.54) is 0 Å². The van der Waals surface area contributed by atoms with Gasteiger partial charge in [0.2, 0.25) is 0 Å². The van der Waals surface area contributed by atoms with E-state index in [1.807, 2.05) is 20.8 Å². The van der Waals surface area contributed by atoms with Gasteiger partial charge in [0.1, 0.15) is 0 Å². The number of hydrogen-bond acceptors (Lipinski definition) is 5. The Bertz CT molecular complexity index is 179. The van der Waals surface area contributed by atoms with Crippen molar-refractivity contribution in [1.29, 1.82) is 0 Å². The van der Waals surface area contributed by atoms with Crippen LogP contribution in [0.2, 0.25) is 6.04 Å². The zero-order valence-electron chi connectivity index (χ0n) is 12.2. The van der Waals surface area contributed by atoms with Gasteiger partial charge >= 0.3 is 8.80 Å². The van der Waals surface area contributed by atoms with E-state index in [1.54, 1.807) is 0 Å². The minimum atomic E-state index is -2.43. The maximum Gasteiger partial charge on any atom is 0.500 e. The van der Waals surface area contributed by atoms with Gasteiger partial charge in [0.15, 0.2) is 0 Å². The van der Waals surface area contributed by atoms with Crippen molar-refractivity contribution in [3.8, 4) is 0 Å². The van der Waals surface area contributed by atoms with Crippen molar-refractivity contribution in [1.82, 2.24) is 5.32 Å². The molecule has 110 valence electrons. The van der Waals surface area contributed by atoms with E-state index in [4.69, 9.17) is 13.3 Å². The Labute approximate surface area is 119 Å². The second-order valence-electron chi connectivity index (χ2n) is 4.14. The van der Waals surface area contributed by atoms with Crippen LogP contribution in [0.1, 0.15) is 34.1 Å². The topological polar surface area (TPSA) is 39.7 Å². The summed E-state index contributed by atoms with van der Waals surface area (Å²) < 4.78 is 17.4. The number of nitrogens with one attached hydrogen (secondary N) is 1. The predicted molar refractivity (Wildman–Crippen MR) is 81.4 cm³/mol. The fraction of sp³-hybridized carbons (Fsp3) is 1.00. The standard InChI is InChI=1S/C12H29NO3SSi/c1-5-14-18(15-6-2,16-7-3)10-8-9-13-11-12(4)17/h12-13,17H,5-11H2,1-4H3. The fourth-order valence-electron chi connectivity index (χ4n) is 1.74. The number of hydrogen-bond donors (Lipinski definition) is 2. The van der Waals surface area contributed by atoms with Crippen molar-refractivity contribution < 1.29 is 13.3 Å². The average molecular weight is 296 g/mol. The smallest absolute Gasteiger partial charge is 0.374 e. The lowest BCUT2D eigenvalue weighted by Crippen LogP contribution is -2.46. The van der Waals surface area contributed by atoms with Crippen LogP contribution in [0.15, 0.2) is 0 Å². The molecule has 0 aliphatic carbocycles. The fourth-order valence-corrected chi connectivity index (χ4v) is 4.48. The quantitative estimate of drug-likeness (QED) is 0.329. The minimum absolute atomic E-state index is 0.387. The first-order valence-corrected chi connectivity index (χ1v) is 9.35. The Morgan fingerprint density at radius 1 is 1.06 bits per heavy atom. The lowest BCUT2D eigenvalue weighted by atomic mass is 10.4. The normalized spacial score (nSPS) is 13.8. The summed E-state index contributed by atoms with van der Waals surface area (Å²) in [6.07, 6.45) is 1.01. The van der Waals surface area contributed by atoms with Gasteiger partial charge in [-0.2, -0.15) is 12.6 Å². The first-order valence-electron chi connectivity index (χ1n) is 6.90. The zero-order valence-corrected chi connectivity index (χ0v) is 14.1. The van der Waals surface area contributed by atoms with Gasteiger partial charge in [-0.15, -0.1) is 0 Å². The molecule has 1 atom stereocenters. The molecule has 0 radical (unpaired) electrons. The van der Waals surface area contributed by atoms with E-state index in [9.17, 15) is 0 Å². The third kappa shape index (κ3) is 8.50. The van der Waals surface area contributed by atoms with Crippen LogP contribution in [-0.2, 0) is 13.3 Å². The summed E-state index contributed by atoms with van der Waals surface area (Å²) >= 11 is 4.33. The average Bonchev–Trinajstić information content (AvgIpc) is 2.29. The van der Waals surface area contributed by atoms with Crippen LogP contribution in [0.3, 0.4) is 0 Å². The summed E-state index contributed by atoms with van der Waals surface area (Å²) in [5, 5.41) is 3.75. The lowest BCUT2D eigenvalue weighted by molar-refractivity contribution is 0.0708. The highest BCUT2D eigenvalue weighted by molar-refractivity contribution is 7.80. The van der Waals surface area contributed by atoms with Crippen LogP contribution in [0.25, 0.3) is 0 Å². The molecule has 0 aromatic carbocycles. The van der Waals surface area contributed by atoms with Gasteiger partial charge in [0.25, 0.3) is 0 Å². The van der Waals surface area contributed by atoms with Gasteiger partial charge in [0.05, 0.1) is 0 Å². The van der Waals surface area contributed by atoms with E-state index >= 15 is 0 Å². The summed E-state index contributed by atoms with van der Waals surface area (Å²) in [6, 6.07) is 0.872. The molecule has 0 bridgehead atoms. The van der Waals surface area contributed by atoms with Crippen molar-refractivity contribution in [3.63, 3.8) is 0 Å². The molecule has 0 fully saturated rings. The molecular weight excluding hydrogens is 266 g/mol. The maximum absolute atomic E-state index is 5.79. The summed E-state index contributed by atoms with van der Waals surface area (Å²) in [6.45, 7) is 11.9. The van der Waals surface area contributed by atoms with E-state index in [2.05, 4.69) is 24.9 Å². The van der Waals surface area contributed by atoms with Gasteiger partial charge in [-0.1, -0.05) is 6.92 Å². The Kier molecular flexibility index (Phi) is 11.5. The molecule has 1 N–H and O–H groups in total. The van der Waals surface area contributed by atoms with Crippen LogP contribution in [-0.4, -0.2) is 47.0 Å². The molecule has 0 rings (SSSR count). The summed E-state index contributed by atoms with van der Waals surface area (Å²) in [5.41, 5.74) is 0. The van der Waals surface area contributed by atoms with Crippen molar-refractivity contribution in [2.45, 2.75) is 45.4 Å². The van der Waals surface area contributed by atoms with Crippen LogP contribution >= 0.6 is 12.6 Å². The van der Waals surface area contributed by atoms with Gasteiger partial charge in [0, 0.05) is 37.7 Å². The molecule has 0 aromatic rings. The second kappa shape index (κ2) is 11.3. The summed E-state index contributed by atoms with van der Waals surface area (Å²) in [7, 11) is -2.43. The summed E-state index contributed by atoms with van der Waals surface area (Å²) in [4.78, 5) is 0. The number of rotatable bonds is 12. The SMILES string of the molecule is CCO[Si](CCCNCC(C)S)(OCC)OCC. The molecule has 18 heavy (non-hydrogen) atoms. The van der Waals surface area contributed by atoms with Crippen LogP contribution < -0.4 is 5.32 Å². The number of thiol groups is 1. The van der Waals surface area contributed by atoms with Crippen molar-refractivity contribution in [3.05, 3.63) is 0 Å². The highest BCUT2D eigenvalue weighted by Gasteiger charge is 2.39. The second-order valence-corrected chi connectivity index (χ2v) is 7.75. The van der Waals surface area contributed by atoms with Gasteiger partial charge in [-0.05, 0) is 33.7 Å². The molecule has 0 saturated heterocycles. The van der Waals surface area contributed by atoms with Crippen LogP contribution in [0.4, 0.5) is 0 Å². The molecule has 0 heterocycles. The third-order valence-corrected chi connectivity index (χ3v) is 5.70. The highest BCUT2D eigenvalue weighted by atomic mass is 32.1. The van der Waals surface area contributed by atoms with Gasteiger partial charge < -0.3 is 18.6 Å². The first-order chi connectivity index (χ1) is 8.60. The van der Waals surface area contributed by atoms with Crippen molar-refractivity contribution >= 4 is 21.4 Å². The van der Waals surface area contributed by atoms with Gasteiger partial charge in [-0.25, -0.2) is 0 Å². The van der Waals surface area contributed by atoms with E-state index < -0.39 is 8.80 Å². The molecule has 0 aliphatic heterocycles. The highest BCUT2D eigenvalue weighted by Crippen LogP contribution is 2.17. The molecule has 6 heteroatoms. The first kappa shape index (κ1) is 18.4. The molecule has 0 saturated carbocycles. The Morgan fingerprint density at radius 3 is 1.94 bits per heavy atom. The summed E-state index contributed by atoms with van der Waals surface area (Å²) in [5.74, 6) is 0. The molecule has 0 amide bonds. The zero-order chi connectivity index (χ0) is 13.9. The Balaban J connectivity index is 4.04. The third-order valence-electron chi connectivity index (χ3n) is 2.37. The minimum Gasteiger partial charge on any atom is -0.374 e. The monoisotopic (exact) mass is 295 g/mol.